The van der Waals surface area contributed by atoms with Crippen LogP contribution in [0.25, 0.3) is 22.3 Å². The molecule has 0 unspecified atom stereocenters. The number of nitrogens with zero attached hydrogens (tertiary/aromatic N) is 4. The van der Waals surface area contributed by atoms with Gasteiger partial charge in [0.05, 0.1) is 33.9 Å². The molecule has 0 aliphatic heterocycles. The van der Waals surface area contributed by atoms with Crippen LogP contribution in [0.5, 0.6) is 5.88 Å². The van der Waals surface area contributed by atoms with Gasteiger partial charge in [0.25, 0.3) is 0 Å². The van der Waals surface area contributed by atoms with E-state index in [-0.39, 0.29) is 57.8 Å². The van der Waals surface area contributed by atoms with Crippen molar-refractivity contribution in [3.8, 4) is 23.2 Å². The average molecular weight is 627 g/mol. The van der Waals surface area contributed by atoms with Crippen LogP contribution < -0.4 is 4.74 Å². The summed E-state index contributed by atoms with van der Waals surface area (Å²) in [6, 6.07) is 17.4. The van der Waals surface area contributed by atoms with Gasteiger partial charge in [-0.05, 0) is 78.8 Å². The number of fused-ring (bicyclic) bond motifs is 1. The maximum absolute atomic E-state index is 15.6. The van der Waals surface area contributed by atoms with Crippen molar-refractivity contribution >= 4 is 17.0 Å². The number of nitriles is 1. The first-order valence-corrected chi connectivity index (χ1v) is 14.7. The van der Waals surface area contributed by atoms with E-state index in [9.17, 15) is 14.3 Å². The molecule has 0 saturated heterocycles. The normalized spacial score (nSPS) is 13.5. The van der Waals surface area contributed by atoms with Crippen molar-refractivity contribution in [3.05, 3.63) is 112 Å². The minimum absolute atomic E-state index is 0.0206. The summed E-state index contributed by atoms with van der Waals surface area (Å²) < 4.78 is 58.3. The molecule has 1 N–H and O–H groups in total. The first kappa shape index (κ1) is 30.8. The number of rotatable bonds is 12. The number of hydrogen-bond acceptors (Lipinski definition) is 6. The van der Waals surface area contributed by atoms with Crippen molar-refractivity contribution in [1.29, 1.82) is 5.26 Å². The lowest BCUT2D eigenvalue weighted by molar-refractivity contribution is 0.0697. The predicted molar refractivity (Wildman–Crippen MR) is 163 cm³/mol. The van der Waals surface area contributed by atoms with E-state index in [0.717, 1.165) is 37.5 Å². The Morgan fingerprint density at radius 2 is 1.80 bits per heavy atom. The third-order valence-corrected chi connectivity index (χ3v) is 8.40. The summed E-state index contributed by atoms with van der Waals surface area (Å²) in [6.07, 6.45) is 2.75. The zero-order chi connectivity index (χ0) is 32.4. The third kappa shape index (κ3) is 6.43. The van der Waals surface area contributed by atoms with Crippen molar-refractivity contribution in [2.75, 3.05) is 13.7 Å². The summed E-state index contributed by atoms with van der Waals surface area (Å²) >= 11 is 0. The molecule has 0 spiro atoms. The van der Waals surface area contributed by atoms with Gasteiger partial charge in [0.15, 0.2) is 0 Å². The standard InChI is InChI=1S/C35H29F3N4O4/c1-45-12-11-35(9-10-35)20-42-31-15-22(34(43)44)7-8-30(31)40-32(42)16-24-14-28(38)25(17-27(24)37)29-3-2-4-33(41-29)46-19-23-6-5-21(18-39)13-26(23)36/h2-8,13-15,17H,9-12,16,19-20H2,1H3,(H,43,44). The van der Waals surface area contributed by atoms with Gasteiger partial charge in [-0.3, -0.25) is 0 Å². The monoisotopic (exact) mass is 626 g/mol. The fraction of sp³-hybridized carbons (Fsp3) is 0.257. The van der Waals surface area contributed by atoms with Crippen LogP contribution in [0.1, 0.15) is 52.1 Å². The SMILES string of the molecule is COCCC1(Cn2c(Cc3cc(F)c(-c4cccc(OCc5ccc(C#N)cc5F)n4)cc3F)nc3ccc(C(=O)O)cc32)CC1. The second-order valence-corrected chi connectivity index (χ2v) is 11.5. The largest absolute Gasteiger partial charge is 0.478 e. The predicted octanol–water partition coefficient (Wildman–Crippen LogP) is 7.07. The molecule has 0 bridgehead atoms. The van der Waals surface area contributed by atoms with Gasteiger partial charge in [-0.2, -0.15) is 5.26 Å². The number of imidazole rings is 1. The van der Waals surface area contributed by atoms with E-state index in [0.29, 0.717) is 30.0 Å². The summed E-state index contributed by atoms with van der Waals surface area (Å²) in [6.45, 7) is 0.957. The maximum Gasteiger partial charge on any atom is 0.335 e. The number of carbonyl (C=O) groups is 1. The van der Waals surface area contributed by atoms with Crippen molar-refractivity contribution in [1.82, 2.24) is 14.5 Å². The van der Waals surface area contributed by atoms with Crippen LogP contribution in [0.3, 0.4) is 0 Å². The summed E-state index contributed by atoms with van der Waals surface area (Å²) in [4.78, 5) is 20.7. The molecular formula is C35H29F3N4O4. The highest BCUT2D eigenvalue weighted by molar-refractivity contribution is 5.92. The van der Waals surface area contributed by atoms with Gasteiger partial charge < -0.3 is 19.1 Å². The number of carboxylic acid groups (broad SMARTS) is 1. The Morgan fingerprint density at radius 1 is 1.00 bits per heavy atom. The Labute approximate surface area is 262 Å². The molecule has 2 aromatic heterocycles. The summed E-state index contributed by atoms with van der Waals surface area (Å²) in [5, 5.41) is 18.5. The zero-order valence-corrected chi connectivity index (χ0v) is 24.9. The minimum Gasteiger partial charge on any atom is -0.478 e. The molecule has 0 amide bonds. The Balaban J connectivity index is 1.27. The third-order valence-electron chi connectivity index (χ3n) is 8.40. The lowest BCUT2D eigenvalue weighted by Crippen LogP contribution is -2.17. The van der Waals surface area contributed by atoms with E-state index in [1.807, 2.05) is 10.6 Å². The van der Waals surface area contributed by atoms with Crippen LogP contribution in [0.2, 0.25) is 0 Å². The Morgan fingerprint density at radius 3 is 2.52 bits per heavy atom. The second-order valence-electron chi connectivity index (χ2n) is 11.5. The van der Waals surface area contributed by atoms with E-state index >= 15 is 8.78 Å². The number of ether oxygens (including phenoxy) is 2. The summed E-state index contributed by atoms with van der Waals surface area (Å²) in [5.41, 5.74) is 1.81. The highest BCUT2D eigenvalue weighted by Crippen LogP contribution is 2.51. The Hall–Kier alpha value is -5.21. The molecule has 3 aromatic carbocycles. The maximum atomic E-state index is 15.6. The number of halogens is 3. The molecule has 234 valence electrons. The molecule has 1 aliphatic carbocycles. The van der Waals surface area contributed by atoms with Crippen LogP contribution in [-0.4, -0.2) is 39.3 Å². The quantitative estimate of drug-likeness (QED) is 0.158. The van der Waals surface area contributed by atoms with Crippen LogP contribution in [0.15, 0.2) is 66.7 Å². The smallest absolute Gasteiger partial charge is 0.335 e. The van der Waals surface area contributed by atoms with Crippen molar-refractivity contribution < 1.29 is 32.5 Å². The number of benzene rings is 3. The van der Waals surface area contributed by atoms with Crippen LogP contribution in [0.4, 0.5) is 13.2 Å². The van der Waals surface area contributed by atoms with Crippen molar-refractivity contribution in [3.63, 3.8) is 0 Å². The fourth-order valence-corrected chi connectivity index (χ4v) is 5.56. The molecule has 6 rings (SSSR count). The van der Waals surface area contributed by atoms with Crippen LogP contribution in [0, 0.1) is 34.2 Å². The van der Waals surface area contributed by atoms with E-state index in [1.54, 1.807) is 25.3 Å². The average Bonchev–Trinajstić information content (AvgIpc) is 3.74. The highest BCUT2D eigenvalue weighted by atomic mass is 19.1. The van der Waals surface area contributed by atoms with E-state index < -0.39 is 23.4 Å². The van der Waals surface area contributed by atoms with Gasteiger partial charge in [0.1, 0.15) is 29.9 Å². The lowest BCUT2D eigenvalue weighted by Gasteiger charge is -2.18. The summed E-state index contributed by atoms with van der Waals surface area (Å²) in [5.74, 6) is -2.44. The van der Waals surface area contributed by atoms with Gasteiger partial charge >= 0.3 is 5.97 Å². The van der Waals surface area contributed by atoms with E-state index in [2.05, 4.69) is 4.98 Å². The number of hydrogen-bond donors (Lipinski definition) is 1. The molecule has 8 nitrogen and oxygen atoms in total. The highest BCUT2D eigenvalue weighted by Gasteiger charge is 2.43. The number of aromatic nitrogens is 3. The molecule has 1 saturated carbocycles. The molecule has 11 heteroatoms. The van der Waals surface area contributed by atoms with Crippen molar-refractivity contribution in [2.45, 2.75) is 38.8 Å². The van der Waals surface area contributed by atoms with Gasteiger partial charge in [-0.25, -0.2) is 27.9 Å². The fourth-order valence-electron chi connectivity index (χ4n) is 5.56. The molecule has 1 aliphatic rings. The Bertz CT molecular complexity index is 2000. The molecule has 46 heavy (non-hydrogen) atoms. The molecule has 1 fully saturated rings. The Kier molecular flexibility index (Phi) is 8.47. The molecule has 2 heterocycles. The van der Waals surface area contributed by atoms with E-state index in [1.165, 1.54) is 30.3 Å². The lowest BCUT2D eigenvalue weighted by atomic mass is 10.0. The first-order valence-electron chi connectivity index (χ1n) is 14.7. The van der Waals surface area contributed by atoms with Crippen molar-refractivity contribution in [2.24, 2.45) is 5.41 Å². The number of aromatic carboxylic acids is 1. The van der Waals surface area contributed by atoms with Crippen LogP contribution in [-0.2, 0) is 24.3 Å². The molecule has 0 radical (unpaired) electrons. The van der Waals surface area contributed by atoms with Crippen LogP contribution >= 0.6 is 0 Å². The number of carboxylic acids is 1. The molecular weight excluding hydrogens is 597 g/mol. The zero-order valence-electron chi connectivity index (χ0n) is 24.9. The number of pyridine rings is 1. The topological polar surface area (TPSA) is 110 Å². The van der Waals surface area contributed by atoms with E-state index in [4.69, 9.17) is 19.7 Å². The molecule has 0 atom stereocenters. The first-order chi connectivity index (χ1) is 22.2. The minimum atomic E-state index is -1.06. The summed E-state index contributed by atoms with van der Waals surface area (Å²) in [7, 11) is 1.64. The van der Waals surface area contributed by atoms with Gasteiger partial charge in [0, 0.05) is 43.9 Å². The number of methoxy groups -OCH3 is 1. The molecule has 5 aromatic rings. The second kappa shape index (κ2) is 12.7. The van der Waals surface area contributed by atoms with Gasteiger partial charge in [-0.15, -0.1) is 0 Å². The van der Waals surface area contributed by atoms with Gasteiger partial charge in [0.2, 0.25) is 5.88 Å². The van der Waals surface area contributed by atoms with Gasteiger partial charge in [-0.1, -0.05) is 12.1 Å².